The van der Waals surface area contributed by atoms with E-state index in [1.165, 1.54) is 13.8 Å². The van der Waals surface area contributed by atoms with Crippen molar-refractivity contribution < 1.29 is 27.6 Å². The molecule has 5 nitrogen and oxygen atoms in total. The molecule has 0 heterocycles. The van der Waals surface area contributed by atoms with Crippen molar-refractivity contribution in [2.75, 3.05) is 0 Å². The standard InChI is InChI=1S/C12H13F4N3O2/c1-11(2,10(17)19-21)18-9(20)6-3-4-8(13)7(5-6)12(14,15)16/h3-5,21H,1-2H3,(H2,17,19)(H,18,20). The van der Waals surface area contributed by atoms with Crippen LogP contribution in [0.15, 0.2) is 23.4 Å². The third kappa shape index (κ3) is 3.83. The minimum atomic E-state index is -4.92. The summed E-state index contributed by atoms with van der Waals surface area (Å²) >= 11 is 0. The number of carbonyl (C=O) groups is 1. The second kappa shape index (κ2) is 5.58. The SMILES string of the molecule is CC(C)(NC(=O)c1ccc(F)c(C(F)(F)F)c1)C(N)=NO. The van der Waals surface area contributed by atoms with Crippen molar-refractivity contribution in [2.45, 2.75) is 25.6 Å². The Kier molecular flexibility index (Phi) is 4.45. The Labute approximate surface area is 117 Å². The summed E-state index contributed by atoms with van der Waals surface area (Å²) in [5.41, 5.74) is 2.11. The molecule has 0 aliphatic rings. The van der Waals surface area contributed by atoms with E-state index in [9.17, 15) is 22.4 Å². The van der Waals surface area contributed by atoms with Crippen LogP contribution >= 0.6 is 0 Å². The maximum Gasteiger partial charge on any atom is 0.419 e. The predicted octanol–water partition coefficient (Wildman–Crippen LogP) is 2.10. The molecular formula is C12H13F4N3O2. The van der Waals surface area contributed by atoms with E-state index in [4.69, 9.17) is 10.9 Å². The van der Waals surface area contributed by atoms with Crippen LogP contribution < -0.4 is 11.1 Å². The molecule has 0 fully saturated rings. The van der Waals surface area contributed by atoms with E-state index in [0.29, 0.717) is 12.1 Å². The van der Waals surface area contributed by atoms with Crippen LogP contribution in [0.1, 0.15) is 29.8 Å². The molecule has 0 bridgehead atoms. The lowest BCUT2D eigenvalue weighted by molar-refractivity contribution is -0.140. The third-order valence-electron chi connectivity index (χ3n) is 2.71. The summed E-state index contributed by atoms with van der Waals surface area (Å²) in [5.74, 6) is -2.74. The summed E-state index contributed by atoms with van der Waals surface area (Å²) in [6.45, 7) is 2.77. The zero-order valence-electron chi connectivity index (χ0n) is 11.1. The lowest BCUT2D eigenvalue weighted by Gasteiger charge is -2.24. The molecule has 21 heavy (non-hydrogen) atoms. The van der Waals surface area contributed by atoms with Crippen LogP contribution in [0.4, 0.5) is 17.6 Å². The van der Waals surface area contributed by atoms with Gasteiger partial charge in [0.15, 0.2) is 5.84 Å². The smallest absolute Gasteiger partial charge is 0.409 e. The summed E-state index contributed by atoms with van der Waals surface area (Å²) in [6, 6.07) is 1.85. The normalized spacial score (nSPS) is 13.1. The number of nitrogens with one attached hydrogen (secondary N) is 1. The van der Waals surface area contributed by atoms with Gasteiger partial charge in [0.2, 0.25) is 0 Å². The lowest BCUT2D eigenvalue weighted by Crippen LogP contribution is -2.53. The van der Waals surface area contributed by atoms with Crippen molar-refractivity contribution in [3.05, 3.63) is 35.1 Å². The number of nitrogens with zero attached hydrogens (tertiary/aromatic N) is 1. The van der Waals surface area contributed by atoms with Gasteiger partial charge >= 0.3 is 6.18 Å². The Morgan fingerprint density at radius 3 is 2.38 bits per heavy atom. The maximum atomic E-state index is 13.1. The van der Waals surface area contributed by atoms with Crippen LogP contribution in [0.5, 0.6) is 0 Å². The van der Waals surface area contributed by atoms with Gasteiger partial charge in [-0.05, 0) is 32.0 Å². The summed E-state index contributed by atoms with van der Waals surface area (Å²) in [7, 11) is 0. The van der Waals surface area contributed by atoms with E-state index in [1.807, 2.05) is 0 Å². The minimum absolute atomic E-state index is 0.339. The fourth-order valence-corrected chi connectivity index (χ4v) is 1.43. The quantitative estimate of drug-likeness (QED) is 0.263. The summed E-state index contributed by atoms with van der Waals surface area (Å²) in [6.07, 6.45) is -4.92. The van der Waals surface area contributed by atoms with E-state index in [0.717, 1.165) is 6.07 Å². The lowest BCUT2D eigenvalue weighted by atomic mass is 10.0. The predicted molar refractivity (Wildman–Crippen MR) is 66.4 cm³/mol. The van der Waals surface area contributed by atoms with Gasteiger partial charge in [0, 0.05) is 5.56 Å². The molecule has 1 rings (SSSR count). The van der Waals surface area contributed by atoms with E-state index < -0.39 is 34.6 Å². The van der Waals surface area contributed by atoms with Gasteiger partial charge in [-0.25, -0.2) is 4.39 Å². The molecule has 4 N–H and O–H groups in total. The van der Waals surface area contributed by atoms with Crippen molar-refractivity contribution in [3.8, 4) is 0 Å². The minimum Gasteiger partial charge on any atom is -0.409 e. The molecular weight excluding hydrogens is 294 g/mol. The summed E-state index contributed by atoms with van der Waals surface area (Å²) in [5, 5.41) is 13.5. The van der Waals surface area contributed by atoms with Gasteiger partial charge < -0.3 is 16.3 Å². The van der Waals surface area contributed by atoms with Gasteiger partial charge in [0.25, 0.3) is 5.91 Å². The van der Waals surface area contributed by atoms with Crippen LogP contribution in [0, 0.1) is 5.82 Å². The second-order valence-corrected chi connectivity index (χ2v) is 4.76. The summed E-state index contributed by atoms with van der Waals surface area (Å²) < 4.78 is 50.8. The molecule has 1 aromatic rings. The van der Waals surface area contributed by atoms with Gasteiger partial charge in [-0.3, -0.25) is 4.79 Å². The van der Waals surface area contributed by atoms with Crippen LogP contribution in [-0.2, 0) is 6.18 Å². The van der Waals surface area contributed by atoms with Crippen molar-refractivity contribution in [1.29, 1.82) is 0 Å². The van der Waals surface area contributed by atoms with Crippen LogP contribution in [0.2, 0.25) is 0 Å². The number of alkyl halides is 3. The third-order valence-corrected chi connectivity index (χ3v) is 2.71. The molecule has 0 unspecified atom stereocenters. The fourth-order valence-electron chi connectivity index (χ4n) is 1.43. The highest BCUT2D eigenvalue weighted by Gasteiger charge is 2.35. The number of halogens is 4. The first-order valence-electron chi connectivity index (χ1n) is 5.66. The van der Waals surface area contributed by atoms with Gasteiger partial charge in [-0.2, -0.15) is 13.2 Å². The highest BCUT2D eigenvalue weighted by molar-refractivity contribution is 5.99. The molecule has 0 aliphatic carbocycles. The Morgan fingerprint density at radius 2 is 1.90 bits per heavy atom. The maximum absolute atomic E-state index is 13.1. The zero-order chi connectivity index (χ0) is 16.4. The van der Waals surface area contributed by atoms with Gasteiger partial charge in [-0.1, -0.05) is 5.16 Å². The topological polar surface area (TPSA) is 87.7 Å². The number of amidine groups is 1. The Morgan fingerprint density at radius 1 is 1.33 bits per heavy atom. The first kappa shape index (κ1) is 16.7. The molecule has 9 heteroatoms. The molecule has 0 spiro atoms. The first-order valence-corrected chi connectivity index (χ1v) is 5.66. The van der Waals surface area contributed by atoms with Crippen molar-refractivity contribution in [3.63, 3.8) is 0 Å². The van der Waals surface area contributed by atoms with Gasteiger partial charge in [0.1, 0.15) is 5.82 Å². The van der Waals surface area contributed by atoms with E-state index in [2.05, 4.69) is 10.5 Å². The van der Waals surface area contributed by atoms with E-state index in [1.54, 1.807) is 0 Å². The molecule has 1 aromatic carbocycles. The molecule has 0 atom stereocenters. The average molecular weight is 307 g/mol. The van der Waals surface area contributed by atoms with E-state index in [-0.39, 0.29) is 5.84 Å². The number of amides is 1. The van der Waals surface area contributed by atoms with Gasteiger partial charge in [-0.15, -0.1) is 0 Å². The summed E-state index contributed by atoms with van der Waals surface area (Å²) in [4.78, 5) is 11.9. The molecule has 0 aromatic heterocycles. The van der Waals surface area contributed by atoms with Crippen molar-refractivity contribution >= 4 is 11.7 Å². The number of hydrogen-bond acceptors (Lipinski definition) is 3. The molecule has 1 amide bonds. The van der Waals surface area contributed by atoms with Crippen LogP contribution in [0.3, 0.4) is 0 Å². The number of hydrogen-bond donors (Lipinski definition) is 3. The number of nitrogens with two attached hydrogens (primary N) is 1. The number of benzene rings is 1. The molecule has 0 saturated heterocycles. The Bertz CT molecular complexity index is 582. The number of oxime groups is 1. The van der Waals surface area contributed by atoms with Crippen molar-refractivity contribution in [1.82, 2.24) is 5.32 Å². The van der Waals surface area contributed by atoms with Crippen molar-refractivity contribution in [2.24, 2.45) is 10.9 Å². The highest BCUT2D eigenvalue weighted by atomic mass is 19.4. The van der Waals surface area contributed by atoms with E-state index >= 15 is 0 Å². The monoisotopic (exact) mass is 307 g/mol. The largest absolute Gasteiger partial charge is 0.419 e. The Hall–Kier alpha value is -2.32. The van der Waals surface area contributed by atoms with Gasteiger partial charge in [0.05, 0.1) is 11.1 Å². The van der Waals surface area contributed by atoms with Crippen LogP contribution in [0.25, 0.3) is 0 Å². The zero-order valence-corrected chi connectivity index (χ0v) is 11.1. The molecule has 0 saturated carbocycles. The number of carbonyl (C=O) groups excluding carboxylic acids is 1. The average Bonchev–Trinajstić information content (AvgIpc) is 2.36. The Balaban J connectivity index is 3.10. The first-order chi connectivity index (χ1) is 9.49. The fraction of sp³-hybridized carbons (Fsp3) is 0.333. The molecule has 116 valence electrons. The van der Waals surface area contributed by atoms with Crippen LogP contribution in [-0.4, -0.2) is 22.5 Å². The molecule has 0 aliphatic heterocycles. The number of rotatable bonds is 3. The second-order valence-electron chi connectivity index (χ2n) is 4.76. The molecule has 0 radical (unpaired) electrons. The highest BCUT2D eigenvalue weighted by Crippen LogP contribution is 2.31.